The normalized spacial score (nSPS) is 24.9. The van der Waals surface area contributed by atoms with Crippen molar-refractivity contribution in [2.75, 3.05) is 34.3 Å². The molecular weight excluding hydrogens is 264 g/mol. The highest BCUT2D eigenvalue weighted by atomic mass is 16.5. The maximum Gasteiger partial charge on any atom is 0.323 e. The van der Waals surface area contributed by atoms with Crippen LogP contribution in [0, 0.1) is 17.3 Å². The Morgan fingerprint density at radius 1 is 1.24 bits per heavy atom. The van der Waals surface area contributed by atoms with E-state index in [1.54, 1.807) is 0 Å². The first-order valence-electron chi connectivity index (χ1n) is 8.21. The lowest BCUT2D eigenvalue weighted by Crippen LogP contribution is -2.47. The van der Waals surface area contributed by atoms with Crippen molar-refractivity contribution in [1.82, 2.24) is 10.2 Å². The SMILES string of the molecule is COC(=O)C(NCCN(C)C)C1CCC(C(C)(C)C)CC1. The van der Waals surface area contributed by atoms with Gasteiger partial charge in [0, 0.05) is 13.1 Å². The highest BCUT2D eigenvalue weighted by molar-refractivity contribution is 5.76. The average Bonchev–Trinajstić information content (AvgIpc) is 2.42. The molecular formula is C17H34N2O2. The summed E-state index contributed by atoms with van der Waals surface area (Å²) in [7, 11) is 5.58. The number of nitrogens with zero attached hydrogens (tertiary/aromatic N) is 1. The van der Waals surface area contributed by atoms with Crippen molar-refractivity contribution in [2.24, 2.45) is 17.3 Å². The summed E-state index contributed by atoms with van der Waals surface area (Å²) in [5.41, 5.74) is 0.379. The first-order valence-corrected chi connectivity index (χ1v) is 8.21. The van der Waals surface area contributed by atoms with Gasteiger partial charge in [-0.2, -0.15) is 0 Å². The van der Waals surface area contributed by atoms with Crippen LogP contribution < -0.4 is 5.32 Å². The van der Waals surface area contributed by atoms with Gasteiger partial charge in [-0.1, -0.05) is 20.8 Å². The maximum absolute atomic E-state index is 12.1. The van der Waals surface area contributed by atoms with Crippen LogP contribution in [-0.4, -0.2) is 51.2 Å². The molecule has 0 aromatic rings. The van der Waals surface area contributed by atoms with Crippen LogP contribution in [0.3, 0.4) is 0 Å². The number of methoxy groups -OCH3 is 1. The predicted molar refractivity (Wildman–Crippen MR) is 87.3 cm³/mol. The van der Waals surface area contributed by atoms with Crippen LogP contribution in [0.5, 0.6) is 0 Å². The number of hydrogen-bond acceptors (Lipinski definition) is 4. The zero-order valence-electron chi connectivity index (χ0n) is 14.7. The van der Waals surface area contributed by atoms with Gasteiger partial charge in [-0.3, -0.25) is 4.79 Å². The first-order chi connectivity index (χ1) is 9.75. The molecule has 1 unspecified atom stereocenters. The van der Waals surface area contributed by atoms with Gasteiger partial charge in [0.1, 0.15) is 6.04 Å². The van der Waals surface area contributed by atoms with Crippen LogP contribution in [-0.2, 0) is 9.53 Å². The number of carbonyl (C=O) groups is 1. The Morgan fingerprint density at radius 2 is 1.81 bits per heavy atom. The van der Waals surface area contributed by atoms with Gasteiger partial charge in [0.2, 0.25) is 0 Å². The molecule has 0 saturated heterocycles. The van der Waals surface area contributed by atoms with E-state index in [2.05, 4.69) is 31.0 Å². The molecule has 1 fully saturated rings. The Kier molecular flexibility index (Phi) is 7.14. The molecule has 4 nitrogen and oxygen atoms in total. The second-order valence-corrected chi connectivity index (χ2v) is 7.74. The lowest BCUT2D eigenvalue weighted by molar-refractivity contribution is -0.145. The number of rotatable bonds is 6. The van der Waals surface area contributed by atoms with Crippen molar-refractivity contribution in [3.63, 3.8) is 0 Å². The van der Waals surface area contributed by atoms with Crippen LogP contribution >= 0.6 is 0 Å². The van der Waals surface area contributed by atoms with E-state index in [1.807, 2.05) is 14.1 Å². The molecule has 1 aliphatic rings. The molecule has 1 atom stereocenters. The summed E-state index contributed by atoms with van der Waals surface area (Å²) >= 11 is 0. The van der Waals surface area contributed by atoms with Crippen LogP contribution in [0.1, 0.15) is 46.5 Å². The van der Waals surface area contributed by atoms with Gasteiger partial charge >= 0.3 is 5.97 Å². The lowest BCUT2D eigenvalue weighted by atomic mass is 9.68. The Balaban J connectivity index is 2.54. The van der Waals surface area contributed by atoms with Crippen molar-refractivity contribution in [2.45, 2.75) is 52.5 Å². The number of ether oxygens (including phenoxy) is 1. The fourth-order valence-corrected chi connectivity index (χ4v) is 3.33. The third kappa shape index (κ3) is 5.95. The summed E-state index contributed by atoms with van der Waals surface area (Å²) in [6.07, 6.45) is 4.68. The molecule has 1 N–H and O–H groups in total. The fourth-order valence-electron chi connectivity index (χ4n) is 3.33. The molecule has 1 rings (SSSR count). The van der Waals surface area contributed by atoms with Crippen molar-refractivity contribution < 1.29 is 9.53 Å². The molecule has 0 aromatic heterocycles. The molecule has 0 spiro atoms. The Labute approximate surface area is 130 Å². The van der Waals surface area contributed by atoms with Crippen molar-refractivity contribution in [1.29, 1.82) is 0 Å². The molecule has 4 heteroatoms. The molecule has 0 aromatic carbocycles. The van der Waals surface area contributed by atoms with Gasteiger partial charge in [0.25, 0.3) is 0 Å². The molecule has 124 valence electrons. The molecule has 1 aliphatic carbocycles. The van der Waals surface area contributed by atoms with E-state index < -0.39 is 0 Å². The second-order valence-electron chi connectivity index (χ2n) is 7.74. The molecule has 0 bridgehead atoms. The highest BCUT2D eigenvalue weighted by Gasteiger charge is 2.35. The summed E-state index contributed by atoms with van der Waals surface area (Å²) in [6.45, 7) is 8.73. The van der Waals surface area contributed by atoms with E-state index >= 15 is 0 Å². The fraction of sp³-hybridized carbons (Fsp3) is 0.941. The van der Waals surface area contributed by atoms with Gasteiger partial charge in [0.15, 0.2) is 0 Å². The predicted octanol–water partition coefficient (Wildman–Crippen LogP) is 2.53. The number of nitrogens with one attached hydrogen (secondary N) is 1. The minimum Gasteiger partial charge on any atom is -0.468 e. The third-order valence-electron chi connectivity index (χ3n) is 4.85. The van der Waals surface area contributed by atoms with Crippen LogP contribution in [0.25, 0.3) is 0 Å². The quantitative estimate of drug-likeness (QED) is 0.765. The second kappa shape index (κ2) is 8.14. The third-order valence-corrected chi connectivity index (χ3v) is 4.85. The summed E-state index contributed by atoms with van der Waals surface area (Å²) in [5.74, 6) is 1.08. The number of carbonyl (C=O) groups excluding carboxylic acids is 1. The average molecular weight is 298 g/mol. The smallest absolute Gasteiger partial charge is 0.323 e. The summed E-state index contributed by atoms with van der Waals surface area (Å²) < 4.78 is 5.00. The van der Waals surface area contributed by atoms with E-state index in [-0.39, 0.29) is 12.0 Å². The van der Waals surface area contributed by atoms with E-state index in [9.17, 15) is 4.79 Å². The van der Waals surface area contributed by atoms with Crippen LogP contribution in [0.15, 0.2) is 0 Å². The molecule has 0 radical (unpaired) electrons. The lowest BCUT2D eigenvalue weighted by Gasteiger charge is -2.39. The van der Waals surface area contributed by atoms with E-state index in [0.717, 1.165) is 31.8 Å². The molecule has 0 aliphatic heterocycles. The molecule has 0 heterocycles. The minimum absolute atomic E-state index is 0.104. The minimum atomic E-state index is -0.143. The van der Waals surface area contributed by atoms with Gasteiger partial charge < -0.3 is 15.0 Å². The first kappa shape index (κ1) is 18.4. The van der Waals surface area contributed by atoms with E-state index in [1.165, 1.54) is 20.0 Å². The van der Waals surface area contributed by atoms with Crippen molar-refractivity contribution in [3.05, 3.63) is 0 Å². The topological polar surface area (TPSA) is 41.6 Å². The van der Waals surface area contributed by atoms with Crippen LogP contribution in [0.2, 0.25) is 0 Å². The van der Waals surface area contributed by atoms with Gasteiger partial charge in [-0.05, 0) is 57.0 Å². The standard InChI is InChI=1S/C17H34N2O2/c1-17(2,3)14-9-7-13(8-10-14)15(16(20)21-6)18-11-12-19(4)5/h13-15,18H,7-12H2,1-6H3. The Bertz CT molecular complexity index is 315. The van der Waals surface area contributed by atoms with Gasteiger partial charge in [0.05, 0.1) is 7.11 Å². The zero-order valence-corrected chi connectivity index (χ0v) is 14.7. The number of esters is 1. The zero-order chi connectivity index (χ0) is 16.0. The largest absolute Gasteiger partial charge is 0.468 e. The molecule has 21 heavy (non-hydrogen) atoms. The maximum atomic E-state index is 12.1. The molecule has 0 amide bonds. The summed E-state index contributed by atoms with van der Waals surface area (Å²) in [6, 6.07) is -0.143. The van der Waals surface area contributed by atoms with Crippen molar-refractivity contribution in [3.8, 4) is 0 Å². The van der Waals surface area contributed by atoms with Gasteiger partial charge in [-0.25, -0.2) is 0 Å². The van der Waals surface area contributed by atoms with Gasteiger partial charge in [-0.15, -0.1) is 0 Å². The summed E-state index contributed by atoms with van der Waals surface area (Å²) in [5, 5.41) is 3.41. The van der Waals surface area contributed by atoms with Crippen molar-refractivity contribution >= 4 is 5.97 Å². The van der Waals surface area contributed by atoms with E-state index in [0.29, 0.717) is 11.3 Å². The number of likely N-dealkylation sites (N-methyl/N-ethyl adjacent to an activating group) is 1. The summed E-state index contributed by atoms with van der Waals surface area (Å²) in [4.78, 5) is 14.2. The van der Waals surface area contributed by atoms with Crippen LogP contribution in [0.4, 0.5) is 0 Å². The Hall–Kier alpha value is -0.610. The molecule has 1 saturated carbocycles. The number of hydrogen-bond donors (Lipinski definition) is 1. The Morgan fingerprint density at radius 3 is 2.24 bits per heavy atom. The monoisotopic (exact) mass is 298 g/mol. The van der Waals surface area contributed by atoms with E-state index in [4.69, 9.17) is 4.74 Å². The highest BCUT2D eigenvalue weighted by Crippen LogP contribution is 2.40.